The minimum absolute atomic E-state index is 0. The van der Waals surface area contributed by atoms with Gasteiger partial charge in [-0.2, -0.15) is 11.8 Å². The Morgan fingerprint density at radius 1 is 1.56 bits per heavy atom. The number of thioether (sulfide) groups is 1. The summed E-state index contributed by atoms with van der Waals surface area (Å²) in [5.74, 6) is 3.09. The van der Waals surface area contributed by atoms with Gasteiger partial charge in [-0.3, -0.25) is 4.79 Å². The zero-order chi connectivity index (χ0) is 11.1. The molecular formula is C11H23ClN2OS. The van der Waals surface area contributed by atoms with Crippen molar-refractivity contribution < 1.29 is 4.79 Å². The van der Waals surface area contributed by atoms with Gasteiger partial charge in [0.25, 0.3) is 0 Å². The second-order valence-electron chi connectivity index (χ2n) is 4.46. The molecule has 0 aromatic heterocycles. The number of rotatable bonds is 5. The summed E-state index contributed by atoms with van der Waals surface area (Å²) in [6.45, 7) is 6.20. The van der Waals surface area contributed by atoms with Crippen molar-refractivity contribution in [2.45, 2.75) is 32.7 Å². The third-order valence-corrected chi connectivity index (χ3v) is 3.60. The molecule has 1 aliphatic heterocycles. The third-order valence-electron chi connectivity index (χ3n) is 2.47. The van der Waals surface area contributed by atoms with E-state index in [0.717, 1.165) is 25.3 Å². The number of hydrogen-bond donors (Lipinski definition) is 2. The van der Waals surface area contributed by atoms with E-state index in [1.165, 1.54) is 5.75 Å². The number of carbonyl (C=O) groups excluding carboxylic acids is 1. The van der Waals surface area contributed by atoms with Crippen molar-refractivity contribution in [1.29, 1.82) is 0 Å². The first-order valence-electron chi connectivity index (χ1n) is 5.76. The van der Waals surface area contributed by atoms with Gasteiger partial charge in [0, 0.05) is 37.1 Å². The quantitative estimate of drug-likeness (QED) is 0.795. The lowest BCUT2D eigenvalue weighted by molar-refractivity contribution is -0.121. The summed E-state index contributed by atoms with van der Waals surface area (Å²) in [5.41, 5.74) is 0. The van der Waals surface area contributed by atoms with Gasteiger partial charge in [0.2, 0.25) is 5.91 Å². The summed E-state index contributed by atoms with van der Waals surface area (Å²) < 4.78 is 0. The monoisotopic (exact) mass is 266 g/mol. The summed E-state index contributed by atoms with van der Waals surface area (Å²) in [6.07, 6.45) is 1.70. The summed E-state index contributed by atoms with van der Waals surface area (Å²) in [5, 5.41) is 6.34. The van der Waals surface area contributed by atoms with Gasteiger partial charge in [0.1, 0.15) is 0 Å². The number of carbonyl (C=O) groups is 1. The second kappa shape index (κ2) is 9.14. The van der Waals surface area contributed by atoms with Crippen LogP contribution < -0.4 is 10.6 Å². The van der Waals surface area contributed by atoms with E-state index < -0.39 is 0 Å². The van der Waals surface area contributed by atoms with E-state index in [4.69, 9.17) is 0 Å². The van der Waals surface area contributed by atoms with Gasteiger partial charge in [0.15, 0.2) is 0 Å². The van der Waals surface area contributed by atoms with E-state index in [9.17, 15) is 4.79 Å². The zero-order valence-corrected chi connectivity index (χ0v) is 11.8. The maximum Gasteiger partial charge on any atom is 0.221 e. The lowest BCUT2D eigenvalue weighted by Gasteiger charge is -2.22. The highest BCUT2D eigenvalue weighted by atomic mass is 35.5. The second-order valence-corrected chi connectivity index (χ2v) is 5.61. The summed E-state index contributed by atoms with van der Waals surface area (Å²) in [6, 6.07) is 0.378. The van der Waals surface area contributed by atoms with Crippen molar-refractivity contribution in [2.24, 2.45) is 5.92 Å². The molecule has 3 nitrogen and oxygen atoms in total. The Balaban J connectivity index is 0.00000225. The molecule has 0 radical (unpaired) electrons. The van der Waals surface area contributed by atoms with Crippen LogP contribution in [0.4, 0.5) is 0 Å². The lowest BCUT2D eigenvalue weighted by Crippen LogP contribution is -2.41. The lowest BCUT2D eigenvalue weighted by atomic mass is 10.1. The molecule has 1 heterocycles. The van der Waals surface area contributed by atoms with Gasteiger partial charge in [-0.25, -0.2) is 0 Å². The summed E-state index contributed by atoms with van der Waals surface area (Å²) >= 11 is 1.93. The molecule has 0 aromatic rings. The molecule has 1 amide bonds. The molecule has 0 aliphatic carbocycles. The molecule has 1 unspecified atom stereocenters. The molecule has 0 bridgehead atoms. The van der Waals surface area contributed by atoms with Gasteiger partial charge >= 0.3 is 0 Å². The number of halogens is 1. The molecule has 1 aliphatic rings. The van der Waals surface area contributed by atoms with E-state index >= 15 is 0 Å². The highest BCUT2D eigenvalue weighted by Gasteiger charge is 2.16. The fraction of sp³-hybridized carbons (Fsp3) is 0.909. The number of nitrogens with one attached hydrogen (secondary N) is 2. The molecule has 0 saturated carbocycles. The van der Waals surface area contributed by atoms with Crippen molar-refractivity contribution >= 4 is 30.1 Å². The molecule has 1 saturated heterocycles. The highest BCUT2D eigenvalue weighted by molar-refractivity contribution is 7.99. The van der Waals surface area contributed by atoms with Crippen LogP contribution in [0.15, 0.2) is 0 Å². The van der Waals surface area contributed by atoms with E-state index in [2.05, 4.69) is 24.5 Å². The number of hydrogen-bond acceptors (Lipinski definition) is 3. The van der Waals surface area contributed by atoms with Crippen LogP contribution in [0.5, 0.6) is 0 Å². The summed E-state index contributed by atoms with van der Waals surface area (Å²) in [7, 11) is 0. The molecular weight excluding hydrogens is 244 g/mol. The normalized spacial score (nSPS) is 20.3. The van der Waals surface area contributed by atoms with Crippen LogP contribution in [0.1, 0.15) is 26.7 Å². The van der Waals surface area contributed by atoms with Crippen LogP contribution in [-0.2, 0) is 4.79 Å². The topological polar surface area (TPSA) is 41.1 Å². The Hall–Kier alpha value is 0.0700. The predicted molar refractivity (Wildman–Crippen MR) is 73.4 cm³/mol. The molecule has 16 heavy (non-hydrogen) atoms. The Morgan fingerprint density at radius 2 is 2.31 bits per heavy atom. The minimum atomic E-state index is 0. The van der Waals surface area contributed by atoms with Crippen molar-refractivity contribution in [1.82, 2.24) is 10.6 Å². The first kappa shape index (κ1) is 16.1. The Labute approximate surface area is 109 Å². The van der Waals surface area contributed by atoms with Crippen LogP contribution >= 0.6 is 24.2 Å². The molecule has 5 heteroatoms. The predicted octanol–water partition coefficient (Wildman–Crippen LogP) is 1.67. The minimum Gasteiger partial charge on any atom is -0.356 e. The first-order valence-corrected chi connectivity index (χ1v) is 6.91. The molecule has 96 valence electrons. The van der Waals surface area contributed by atoms with Crippen LogP contribution in [0, 0.1) is 5.92 Å². The average molecular weight is 267 g/mol. The molecule has 2 N–H and O–H groups in total. The fourth-order valence-electron chi connectivity index (χ4n) is 1.55. The van der Waals surface area contributed by atoms with Crippen molar-refractivity contribution in [2.75, 3.05) is 24.6 Å². The van der Waals surface area contributed by atoms with Crippen LogP contribution in [0.2, 0.25) is 0 Å². The van der Waals surface area contributed by atoms with Crippen LogP contribution in [-0.4, -0.2) is 36.5 Å². The van der Waals surface area contributed by atoms with Crippen LogP contribution in [0.3, 0.4) is 0 Å². The maximum atomic E-state index is 11.5. The van der Waals surface area contributed by atoms with E-state index in [1.807, 2.05) is 11.8 Å². The largest absolute Gasteiger partial charge is 0.356 e. The number of amides is 1. The van der Waals surface area contributed by atoms with E-state index in [1.54, 1.807) is 0 Å². The van der Waals surface area contributed by atoms with Gasteiger partial charge < -0.3 is 10.6 Å². The smallest absolute Gasteiger partial charge is 0.221 e. The molecule has 1 fully saturated rings. The van der Waals surface area contributed by atoms with Crippen molar-refractivity contribution in [3.05, 3.63) is 0 Å². The van der Waals surface area contributed by atoms with Gasteiger partial charge in [0.05, 0.1) is 0 Å². The van der Waals surface area contributed by atoms with E-state index in [-0.39, 0.29) is 18.3 Å². The Kier molecular flexibility index (Phi) is 9.18. The average Bonchev–Trinajstić information content (AvgIpc) is 2.18. The highest BCUT2D eigenvalue weighted by Crippen LogP contribution is 2.09. The fourth-order valence-corrected chi connectivity index (χ4v) is 2.50. The van der Waals surface area contributed by atoms with Crippen molar-refractivity contribution in [3.8, 4) is 0 Å². The Morgan fingerprint density at radius 3 is 2.88 bits per heavy atom. The van der Waals surface area contributed by atoms with Crippen molar-refractivity contribution in [3.63, 3.8) is 0 Å². The third kappa shape index (κ3) is 7.36. The summed E-state index contributed by atoms with van der Waals surface area (Å²) in [4.78, 5) is 11.5. The molecule has 0 spiro atoms. The zero-order valence-electron chi connectivity index (χ0n) is 10.1. The maximum absolute atomic E-state index is 11.5. The Bertz CT molecular complexity index is 196. The van der Waals surface area contributed by atoms with Gasteiger partial charge in [-0.15, -0.1) is 12.4 Å². The van der Waals surface area contributed by atoms with Gasteiger partial charge in [-0.1, -0.05) is 13.8 Å². The molecule has 1 rings (SSSR count). The van der Waals surface area contributed by atoms with Gasteiger partial charge in [-0.05, 0) is 12.3 Å². The first-order chi connectivity index (χ1) is 7.18. The molecule has 0 aromatic carbocycles. The van der Waals surface area contributed by atoms with Crippen LogP contribution in [0.25, 0.3) is 0 Å². The standard InChI is InChI=1S/C11H22N2OS.ClH/c1-9(2)3-4-13-11(14)7-10-8-15-6-5-12-10;/h9-10,12H,3-8H2,1-2H3,(H,13,14);1H. The molecule has 1 atom stereocenters. The SMILES string of the molecule is CC(C)CCNC(=O)CC1CSCCN1.Cl. The van der Waals surface area contributed by atoms with E-state index in [0.29, 0.717) is 18.4 Å².